The van der Waals surface area contributed by atoms with E-state index in [9.17, 15) is 4.79 Å². The van der Waals surface area contributed by atoms with Crippen molar-refractivity contribution in [3.8, 4) is 0 Å². The molecule has 12 heavy (non-hydrogen) atoms. The van der Waals surface area contributed by atoms with Crippen LogP contribution in [0.1, 0.15) is 19.3 Å². The molecule has 0 aliphatic heterocycles. The third kappa shape index (κ3) is 0.959. The maximum atomic E-state index is 11.1. The molecule has 0 aromatic rings. The molecule has 2 fully saturated rings. The molecule has 0 heterocycles. The molecule has 0 radical (unpaired) electrons. The predicted octanol–water partition coefficient (Wildman–Crippen LogP) is 0.126. The Hall–Kier alpha value is -0.570. The minimum absolute atomic E-state index is 0.0336. The highest BCUT2D eigenvalue weighted by atomic mass is 16.3. The quantitative estimate of drug-likeness (QED) is 0.617. The minimum Gasteiger partial charge on any atom is -0.396 e. The fourth-order valence-electron chi connectivity index (χ4n) is 3.12. The number of nitrogens with two attached hydrogens (primary N) is 1. The summed E-state index contributed by atoms with van der Waals surface area (Å²) in [6.07, 6.45) is 3.42. The standard InChI is InChI=1S/C9H15NO2/c10-9(12)8-6-2-1-5(3-6)7(8)4-11/h5-8,11H,1-4H2,(H2,10,12). The second-order valence-corrected chi connectivity index (χ2v) is 4.11. The third-order valence-electron chi connectivity index (χ3n) is 3.63. The highest BCUT2D eigenvalue weighted by Gasteiger charge is 2.49. The van der Waals surface area contributed by atoms with E-state index in [0.717, 1.165) is 12.8 Å². The SMILES string of the molecule is NC(=O)C1C2CCC(C2)C1CO. The molecule has 4 unspecified atom stereocenters. The van der Waals surface area contributed by atoms with Gasteiger partial charge in [-0.1, -0.05) is 0 Å². The van der Waals surface area contributed by atoms with E-state index in [-0.39, 0.29) is 24.3 Å². The molecular formula is C9H15NO2. The Kier molecular flexibility index (Phi) is 1.83. The van der Waals surface area contributed by atoms with E-state index >= 15 is 0 Å². The van der Waals surface area contributed by atoms with Crippen molar-refractivity contribution in [1.29, 1.82) is 0 Å². The molecule has 2 saturated carbocycles. The lowest BCUT2D eigenvalue weighted by Crippen LogP contribution is -2.36. The first-order chi connectivity index (χ1) is 5.74. The first-order valence-electron chi connectivity index (χ1n) is 4.64. The molecule has 3 heteroatoms. The number of aliphatic hydroxyl groups excluding tert-OH is 1. The summed E-state index contributed by atoms with van der Waals surface area (Å²) in [5.74, 6) is 0.971. The normalized spacial score (nSPS) is 45.1. The molecule has 0 aromatic heterocycles. The lowest BCUT2D eigenvalue weighted by atomic mass is 9.79. The van der Waals surface area contributed by atoms with E-state index in [0.29, 0.717) is 11.8 Å². The lowest BCUT2D eigenvalue weighted by molar-refractivity contribution is -0.125. The van der Waals surface area contributed by atoms with Crippen molar-refractivity contribution in [3.63, 3.8) is 0 Å². The van der Waals surface area contributed by atoms with Crippen molar-refractivity contribution < 1.29 is 9.90 Å². The van der Waals surface area contributed by atoms with Crippen LogP contribution in [0, 0.1) is 23.7 Å². The van der Waals surface area contributed by atoms with Gasteiger partial charge in [-0.2, -0.15) is 0 Å². The van der Waals surface area contributed by atoms with Crippen LogP contribution in [0.5, 0.6) is 0 Å². The van der Waals surface area contributed by atoms with Crippen molar-refractivity contribution in [2.75, 3.05) is 6.61 Å². The number of amides is 1. The first-order valence-corrected chi connectivity index (χ1v) is 4.64. The Morgan fingerprint density at radius 3 is 2.58 bits per heavy atom. The second-order valence-electron chi connectivity index (χ2n) is 4.11. The van der Waals surface area contributed by atoms with Crippen LogP contribution >= 0.6 is 0 Å². The zero-order valence-electron chi connectivity index (χ0n) is 7.07. The Labute approximate surface area is 71.9 Å². The van der Waals surface area contributed by atoms with Crippen molar-refractivity contribution in [1.82, 2.24) is 0 Å². The number of primary amides is 1. The van der Waals surface area contributed by atoms with E-state index in [1.165, 1.54) is 6.42 Å². The van der Waals surface area contributed by atoms with Gasteiger partial charge in [0, 0.05) is 12.5 Å². The summed E-state index contributed by atoms with van der Waals surface area (Å²) in [5.41, 5.74) is 5.30. The first kappa shape index (κ1) is 8.05. The zero-order valence-corrected chi connectivity index (χ0v) is 7.07. The summed E-state index contributed by atoms with van der Waals surface area (Å²) in [5, 5.41) is 9.10. The van der Waals surface area contributed by atoms with Gasteiger partial charge < -0.3 is 10.8 Å². The number of fused-ring (bicyclic) bond motifs is 2. The van der Waals surface area contributed by atoms with Gasteiger partial charge in [0.25, 0.3) is 0 Å². The highest BCUT2D eigenvalue weighted by molar-refractivity contribution is 5.78. The molecule has 2 aliphatic rings. The fraction of sp³-hybridized carbons (Fsp3) is 0.889. The van der Waals surface area contributed by atoms with Crippen LogP contribution in [0.15, 0.2) is 0 Å². The molecule has 0 aromatic carbocycles. The molecule has 2 rings (SSSR count). The van der Waals surface area contributed by atoms with Crippen LogP contribution in [0.2, 0.25) is 0 Å². The smallest absolute Gasteiger partial charge is 0.221 e. The Balaban J connectivity index is 2.16. The second kappa shape index (κ2) is 2.73. The number of rotatable bonds is 2. The van der Waals surface area contributed by atoms with Gasteiger partial charge in [-0.05, 0) is 37.0 Å². The Bertz CT molecular complexity index is 205. The van der Waals surface area contributed by atoms with Gasteiger partial charge >= 0.3 is 0 Å². The molecule has 3 N–H and O–H groups in total. The summed E-state index contributed by atoms with van der Waals surface area (Å²) in [7, 11) is 0. The lowest BCUT2D eigenvalue weighted by Gasteiger charge is -2.26. The van der Waals surface area contributed by atoms with Crippen molar-refractivity contribution in [2.24, 2.45) is 29.4 Å². The number of carbonyl (C=O) groups is 1. The van der Waals surface area contributed by atoms with E-state index in [1.807, 2.05) is 0 Å². The maximum absolute atomic E-state index is 11.1. The van der Waals surface area contributed by atoms with Crippen LogP contribution < -0.4 is 5.73 Å². The number of aliphatic hydroxyl groups is 1. The van der Waals surface area contributed by atoms with E-state index < -0.39 is 0 Å². The number of hydrogen-bond donors (Lipinski definition) is 2. The van der Waals surface area contributed by atoms with Crippen LogP contribution in [0.3, 0.4) is 0 Å². The van der Waals surface area contributed by atoms with Crippen LogP contribution in [0.4, 0.5) is 0 Å². The molecule has 68 valence electrons. The fourth-order valence-corrected chi connectivity index (χ4v) is 3.12. The van der Waals surface area contributed by atoms with E-state index in [1.54, 1.807) is 0 Å². The predicted molar refractivity (Wildman–Crippen MR) is 44.1 cm³/mol. The largest absolute Gasteiger partial charge is 0.396 e. The summed E-state index contributed by atoms with van der Waals surface area (Å²) < 4.78 is 0. The third-order valence-corrected chi connectivity index (χ3v) is 3.63. The van der Waals surface area contributed by atoms with E-state index in [4.69, 9.17) is 10.8 Å². The van der Waals surface area contributed by atoms with Gasteiger partial charge in [0.05, 0.1) is 0 Å². The molecule has 3 nitrogen and oxygen atoms in total. The molecule has 0 spiro atoms. The number of carbonyl (C=O) groups excluding carboxylic acids is 1. The van der Waals surface area contributed by atoms with Gasteiger partial charge in [-0.3, -0.25) is 4.79 Å². The van der Waals surface area contributed by atoms with Gasteiger partial charge in [-0.15, -0.1) is 0 Å². The highest BCUT2D eigenvalue weighted by Crippen LogP contribution is 2.51. The molecule has 0 saturated heterocycles. The molecule has 2 bridgehead atoms. The molecular weight excluding hydrogens is 154 g/mol. The van der Waals surface area contributed by atoms with Crippen molar-refractivity contribution in [2.45, 2.75) is 19.3 Å². The Morgan fingerprint density at radius 2 is 2.08 bits per heavy atom. The summed E-state index contributed by atoms with van der Waals surface area (Å²) in [6.45, 7) is 0.134. The van der Waals surface area contributed by atoms with Crippen molar-refractivity contribution >= 4 is 5.91 Å². The van der Waals surface area contributed by atoms with Gasteiger partial charge in [0.2, 0.25) is 5.91 Å². The molecule has 1 amide bonds. The zero-order chi connectivity index (χ0) is 8.72. The molecule has 4 atom stereocenters. The van der Waals surface area contributed by atoms with Crippen LogP contribution in [0.25, 0.3) is 0 Å². The Morgan fingerprint density at radius 1 is 1.42 bits per heavy atom. The average Bonchev–Trinajstić information content (AvgIpc) is 2.60. The number of hydrogen-bond acceptors (Lipinski definition) is 2. The van der Waals surface area contributed by atoms with Gasteiger partial charge in [0.15, 0.2) is 0 Å². The average molecular weight is 169 g/mol. The topological polar surface area (TPSA) is 63.3 Å². The van der Waals surface area contributed by atoms with Crippen molar-refractivity contribution in [3.05, 3.63) is 0 Å². The van der Waals surface area contributed by atoms with Gasteiger partial charge in [0.1, 0.15) is 0 Å². The van der Waals surface area contributed by atoms with Crippen LogP contribution in [-0.2, 0) is 4.79 Å². The van der Waals surface area contributed by atoms with E-state index in [2.05, 4.69) is 0 Å². The minimum atomic E-state index is -0.207. The van der Waals surface area contributed by atoms with Crippen LogP contribution in [-0.4, -0.2) is 17.6 Å². The summed E-state index contributed by atoms with van der Waals surface area (Å²) >= 11 is 0. The maximum Gasteiger partial charge on any atom is 0.221 e. The summed E-state index contributed by atoms with van der Waals surface area (Å²) in [6, 6.07) is 0. The molecule has 2 aliphatic carbocycles. The monoisotopic (exact) mass is 169 g/mol. The van der Waals surface area contributed by atoms with Gasteiger partial charge in [-0.25, -0.2) is 0 Å². The summed E-state index contributed by atoms with van der Waals surface area (Å²) in [4.78, 5) is 11.1.